The minimum absolute atomic E-state index is 0.00586. The Hall–Kier alpha value is -0.980. The minimum atomic E-state index is -0.0292. The van der Waals surface area contributed by atoms with Crippen LogP contribution < -0.4 is 5.32 Å². The van der Waals surface area contributed by atoms with Crippen LogP contribution in [-0.2, 0) is 27.3 Å². The van der Waals surface area contributed by atoms with Gasteiger partial charge in [0.25, 0.3) is 0 Å². The van der Waals surface area contributed by atoms with Crippen molar-refractivity contribution in [3.05, 3.63) is 35.4 Å². The van der Waals surface area contributed by atoms with Crippen LogP contribution in [0.1, 0.15) is 107 Å². The Morgan fingerprint density at radius 1 is 0.750 bits per heavy atom. The molecular formula is C31H58N2O3. The zero-order valence-electron chi connectivity index (χ0n) is 25.5. The molecule has 0 unspecified atom stereocenters. The normalized spacial score (nSPS) is 13.4. The summed E-state index contributed by atoms with van der Waals surface area (Å²) in [4.78, 5) is 2.67. The molecule has 0 saturated heterocycles. The smallest absolute Gasteiger partial charge is 0.0518 e. The van der Waals surface area contributed by atoms with Gasteiger partial charge in [0.2, 0.25) is 0 Å². The average Bonchev–Trinajstić information content (AvgIpc) is 2.75. The Morgan fingerprint density at radius 2 is 1.25 bits per heavy atom. The van der Waals surface area contributed by atoms with E-state index in [2.05, 4.69) is 111 Å². The number of nitrogens with one attached hydrogen (secondary N) is 1. The molecule has 0 aliphatic rings. The van der Waals surface area contributed by atoms with Gasteiger partial charge in [-0.2, -0.15) is 0 Å². The molecule has 36 heavy (non-hydrogen) atoms. The van der Waals surface area contributed by atoms with Crippen molar-refractivity contribution in [2.45, 2.75) is 137 Å². The number of ether oxygens (including phenoxy) is 3. The Bertz CT molecular complexity index is 728. The predicted octanol–water partition coefficient (Wildman–Crippen LogP) is 6.97. The molecule has 5 nitrogen and oxygen atoms in total. The van der Waals surface area contributed by atoms with E-state index in [1.807, 2.05) is 0 Å². The van der Waals surface area contributed by atoms with Crippen molar-refractivity contribution in [1.82, 2.24) is 10.2 Å². The molecule has 0 saturated carbocycles. The van der Waals surface area contributed by atoms with Crippen LogP contribution in [0.3, 0.4) is 0 Å². The van der Waals surface area contributed by atoms with E-state index in [4.69, 9.17) is 14.2 Å². The van der Waals surface area contributed by atoms with Crippen molar-refractivity contribution in [1.29, 1.82) is 0 Å². The zero-order valence-corrected chi connectivity index (χ0v) is 25.5. The summed E-state index contributed by atoms with van der Waals surface area (Å²) in [5, 5.41) is 3.79. The monoisotopic (exact) mass is 506 g/mol. The van der Waals surface area contributed by atoms with E-state index < -0.39 is 0 Å². The van der Waals surface area contributed by atoms with Crippen LogP contribution in [0.25, 0.3) is 0 Å². The lowest BCUT2D eigenvalue weighted by Gasteiger charge is -2.49. The van der Waals surface area contributed by atoms with Gasteiger partial charge in [-0.15, -0.1) is 0 Å². The van der Waals surface area contributed by atoms with E-state index in [1.54, 1.807) is 0 Å². The quantitative estimate of drug-likeness (QED) is 0.205. The van der Waals surface area contributed by atoms with Gasteiger partial charge in [0, 0.05) is 56.1 Å². The Balaban J connectivity index is 3.08. The lowest BCUT2D eigenvalue weighted by Crippen LogP contribution is -2.56. The van der Waals surface area contributed by atoms with Gasteiger partial charge in [-0.05, 0) is 107 Å². The maximum absolute atomic E-state index is 5.96. The fraction of sp³-hybridized carbons (Fsp3) is 0.806. The van der Waals surface area contributed by atoms with E-state index in [9.17, 15) is 0 Å². The molecule has 0 bridgehead atoms. The molecular weight excluding hydrogens is 448 g/mol. The second kappa shape index (κ2) is 15.4. The van der Waals surface area contributed by atoms with Crippen molar-refractivity contribution in [3.63, 3.8) is 0 Å². The molecule has 1 rings (SSSR count). The highest BCUT2D eigenvalue weighted by molar-refractivity contribution is 5.27. The third-order valence-electron chi connectivity index (χ3n) is 7.07. The van der Waals surface area contributed by atoms with Gasteiger partial charge in [0.15, 0.2) is 0 Å². The number of hydrogen-bond acceptors (Lipinski definition) is 5. The predicted molar refractivity (Wildman–Crippen MR) is 154 cm³/mol. The van der Waals surface area contributed by atoms with Gasteiger partial charge in [0.05, 0.1) is 12.2 Å². The first-order valence-corrected chi connectivity index (χ1v) is 14.1. The third kappa shape index (κ3) is 12.5. The minimum Gasteiger partial charge on any atom is -0.382 e. The summed E-state index contributed by atoms with van der Waals surface area (Å²) >= 11 is 0. The fourth-order valence-corrected chi connectivity index (χ4v) is 4.56. The van der Waals surface area contributed by atoms with E-state index >= 15 is 0 Å². The molecule has 0 atom stereocenters. The summed E-state index contributed by atoms with van der Waals surface area (Å²) in [6.45, 7) is 29.2. The van der Waals surface area contributed by atoms with E-state index in [-0.39, 0.29) is 28.8 Å². The molecule has 0 aliphatic heterocycles. The maximum atomic E-state index is 5.96. The summed E-state index contributed by atoms with van der Waals surface area (Å²) in [5.41, 5.74) is 2.69. The van der Waals surface area contributed by atoms with Crippen LogP contribution in [0, 0.1) is 0 Å². The fourth-order valence-electron chi connectivity index (χ4n) is 4.56. The van der Waals surface area contributed by atoms with Gasteiger partial charge < -0.3 is 19.5 Å². The lowest BCUT2D eigenvalue weighted by atomic mass is 9.87. The van der Waals surface area contributed by atoms with E-state index in [1.165, 1.54) is 11.1 Å². The molecule has 0 aromatic heterocycles. The number of nitrogens with zero attached hydrogens (tertiary/aromatic N) is 1. The number of benzene rings is 1. The highest BCUT2D eigenvalue weighted by Crippen LogP contribution is 2.33. The van der Waals surface area contributed by atoms with Crippen molar-refractivity contribution < 1.29 is 14.2 Å². The molecule has 1 N–H and O–H groups in total. The standard InChI is InChI=1S/C31H58N2O3/c1-12-34-20-18-30(8,9)33(31(10,11)19-22-36-26(4)5)24-28-16-14-13-15-27(28)23-32-29(6,7)17-21-35-25(2)3/h13-16,25-26,32H,12,17-24H2,1-11H3. The molecule has 0 spiro atoms. The number of hydrogen-bond donors (Lipinski definition) is 1. The first kappa shape index (κ1) is 33.0. The van der Waals surface area contributed by atoms with Crippen LogP contribution in [0.5, 0.6) is 0 Å². The summed E-state index contributed by atoms with van der Waals surface area (Å²) in [5.74, 6) is 0. The summed E-state index contributed by atoms with van der Waals surface area (Å²) in [6, 6.07) is 8.88. The first-order valence-electron chi connectivity index (χ1n) is 14.1. The topological polar surface area (TPSA) is 43.0 Å². The van der Waals surface area contributed by atoms with Crippen molar-refractivity contribution >= 4 is 0 Å². The van der Waals surface area contributed by atoms with Crippen molar-refractivity contribution in [2.75, 3.05) is 26.4 Å². The summed E-state index contributed by atoms with van der Waals surface area (Å²) in [6.07, 6.45) is 3.46. The van der Waals surface area contributed by atoms with Crippen LogP contribution >= 0.6 is 0 Å². The van der Waals surface area contributed by atoms with Crippen LogP contribution in [0.2, 0.25) is 0 Å². The van der Waals surface area contributed by atoms with Gasteiger partial charge in [0.1, 0.15) is 0 Å². The average molecular weight is 507 g/mol. The molecule has 210 valence electrons. The van der Waals surface area contributed by atoms with E-state index in [0.717, 1.165) is 58.8 Å². The molecule has 1 aromatic carbocycles. The van der Waals surface area contributed by atoms with Crippen LogP contribution in [0.15, 0.2) is 24.3 Å². The van der Waals surface area contributed by atoms with E-state index in [0.29, 0.717) is 0 Å². The largest absolute Gasteiger partial charge is 0.382 e. The molecule has 0 fully saturated rings. The molecule has 0 heterocycles. The first-order chi connectivity index (χ1) is 16.7. The number of rotatable bonds is 19. The summed E-state index contributed by atoms with van der Waals surface area (Å²) in [7, 11) is 0. The maximum Gasteiger partial charge on any atom is 0.0518 e. The summed E-state index contributed by atoms with van der Waals surface area (Å²) < 4.78 is 17.5. The highest BCUT2D eigenvalue weighted by Gasteiger charge is 2.37. The Kier molecular flexibility index (Phi) is 14.2. The van der Waals surface area contributed by atoms with Crippen LogP contribution in [-0.4, -0.2) is 60.2 Å². The second-order valence-corrected chi connectivity index (χ2v) is 12.5. The SMILES string of the molecule is CCOCCC(C)(C)N(Cc1ccccc1CNC(C)(C)CCOC(C)C)C(C)(C)CCOC(C)C. The van der Waals surface area contributed by atoms with Crippen molar-refractivity contribution in [3.8, 4) is 0 Å². The zero-order chi connectivity index (χ0) is 27.4. The molecule has 0 radical (unpaired) electrons. The lowest BCUT2D eigenvalue weighted by molar-refractivity contribution is -0.0351. The van der Waals surface area contributed by atoms with Gasteiger partial charge in [-0.3, -0.25) is 4.90 Å². The second-order valence-electron chi connectivity index (χ2n) is 12.5. The Labute approximate surface area is 223 Å². The molecule has 0 amide bonds. The molecule has 5 heteroatoms. The van der Waals surface area contributed by atoms with Gasteiger partial charge in [-0.1, -0.05) is 24.3 Å². The third-order valence-corrected chi connectivity index (χ3v) is 7.07. The molecule has 0 aliphatic carbocycles. The Morgan fingerprint density at radius 3 is 1.78 bits per heavy atom. The molecule has 1 aromatic rings. The van der Waals surface area contributed by atoms with Crippen molar-refractivity contribution in [2.24, 2.45) is 0 Å². The van der Waals surface area contributed by atoms with Gasteiger partial charge in [-0.25, -0.2) is 0 Å². The highest BCUT2D eigenvalue weighted by atomic mass is 16.5. The van der Waals surface area contributed by atoms with Crippen LogP contribution in [0.4, 0.5) is 0 Å². The van der Waals surface area contributed by atoms with Gasteiger partial charge >= 0.3 is 0 Å².